The van der Waals surface area contributed by atoms with Crippen molar-refractivity contribution in [2.24, 2.45) is 11.8 Å². The molecule has 0 aliphatic carbocycles. The maximum atomic E-state index is 14.2. The maximum absolute atomic E-state index is 14.2. The predicted octanol–water partition coefficient (Wildman–Crippen LogP) is 2.92. The predicted molar refractivity (Wildman–Crippen MR) is 147 cm³/mol. The lowest BCUT2D eigenvalue weighted by Crippen LogP contribution is -2.56. The van der Waals surface area contributed by atoms with Gasteiger partial charge in [-0.25, -0.2) is 0 Å². The third kappa shape index (κ3) is 4.93. The highest BCUT2D eigenvalue weighted by Gasteiger charge is 2.71. The average Bonchev–Trinajstić information content (AvgIpc) is 3.24. The van der Waals surface area contributed by atoms with Crippen LogP contribution in [0.3, 0.4) is 0 Å². The molecule has 0 aromatic heterocycles. The minimum Gasteiger partial charge on any atom is -0.396 e. The average molecular weight is 536 g/mol. The van der Waals surface area contributed by atoms with E-state index in [2.05, 4.69) is 13.8 Å². The summed E-state index contributed by atoms with van der Waals surface area (Å²) in [5, 5.41) is 9.25. The standard InChI is InChI=1S/C31H41N3O5/c1-3-12-22(2)33-19-11-16-31-26(29(37)34(27(31)30(33)38)18-8-5-9-20-35)25-24(39-31)15-10-17-32(28(25)36)21-23-13-6-4-7-14-23/h4,6-7,10-11,13-16,22,24-27,35H,3,5,8-9,12,17-21H2,1-2H3/t22?,24-,25+,26-,27?,31-/m0/s1. The fourth-order valence-electron chi connectivity index (χ4n) is 6.93. The quantitative estimate of drug-likeness (QED) is 0.368. The molecule has 0 bridgehead atoms. The molecule has 4 aliphatic rings. The molecule has 2 fully saturated rings. The van der Waals surface area contributed by atoms with Crippen molar-refractivity contribution in [3.05, 3.63) is 60.2 Å². The highest BCUT2D eigenvalue weighted by molar-refractivity contribution is 5.99. The van der Waals surface area contributed by atoms with Crippen LogP contribution in [0.15, 0.2) is 54.6 Å². The molecule has 1 spiro atoms. The summed E-state index contributed by atoms with van der Waals surface area (Å²) in [4.78, 5) is 47.9. The Labute approximate surface area is 231 Å². The molecule has 3 amide bonds. The van der Waals surface area contributed by atoms with Gasteiger partial charge in [0.2, 0.25) is 17.7 Å². The highest BCUT2D eigenvalue weighted by atomic mass is 16.5. The number of likely N-dealkylation sites (tertiary alicyclic amines) is 1. The number of rotatable bonds is 10. The smallest absolute Gasteiger partial charge is 0.249 e. The molecular formula is C31H41N3O5. The van der Waals surface area contributed by atoms with E-state index in [0.29, 0.717) is 39.0 Å². The fourth-order valence-corrected chi connectivity index (χ4v) is 6.93. The molecule has 4 aliphatic heterocycles. The topological polar surface area (TPSA) is 90.4 Å². The van der Waals surface area contributed by atoms with E-state index in [9.17, 15) is 19.5 Å². The molecular weight excluding hydrogens is 494 g/mol. The zero-order chi connectivity index (χ0) is 27.6. The van der Waals surface area contributed by atoms with E-state index in [1.165, 1.54) is 0 Å². The van der Waals surface area contributed by atoms with Crippen LogP contribution in [-0.4, -0.2) is 87.6 Å². The summed E-state index contributed by atoms with van der Waals surface area (Å²) in [6, 6.07) is 9.07. The van der Waals surface area contributed by atoms with Gasteiger partial charge in [-0.15, -0.1) is 0 Å². The Morgan fingerprint density at radius 2 is 1.82 bits per heavy atom. The summed E-state index contributed by atoms with van der Waals surface area (Å²) in [5.74, 6) is -1.84. The van der Waals surface area contributed by atoms with Gasteiger partial charge >= 0.3 is 0 Å². The number of nitrogens with zero attached hydrogens (tertiary/aromatic N) is 3. The number of amides is 3. The van der Waals surface area contributed by atoms with Crippen molar-refractivity contribution in [1.29, 1.82) is 0 Å². The lowest BCUT2D eigenvalue weighted by molar-refractivity contribution is -0.149. The molecule has 6 atom stereocenters. The van der Waals surface area contributed by atoms with E-state index in [1.54, 1.807) is 9.80 Å². The molecule has 1 aromatic carbocycles. The van der Waals surface area contributed by atoms with Crippen LogP contribution in [0.4, 0.5) is 0 Å². The SMILES string of the molecule is CCCC(C)N1CC=C[C@]23O[C@H]4C=CCN(Cc5ccccc5)C(=O)[C@H]4[C@H]2C(=O)N(CCCCCO)C3C1=O. The number of fused-ring (bicyclic) bond motifs is 2. The highest BCUT2D eigenvalue weighted by Crippen LogP contribution is 2.53. The third-order valence-electron chi connectivity index (χ3n) is 8.79. The molecule has 210 valence electrons. The van der Waals surface area contributed by atoms with Crippen LogP contribution in [0.25, 0.3) is 0 Å². The van der Waals surface area contributed by atoms with Crippen LogP contribution in [0, 0.1) is 11.8 Å². The monoisotopic (exact) mass is 535 g/mol. The summed E-state index contributed by atoms with van der Waals surface area (Å²) in [5.41, 5.74) is -0.158. The van der Waals surface area contributed by atoms with Gasteiger partial charge < -0.3 is 24.5 Å². The first kappa shape index (κ1) is 27.6. The number of hydrogen-bond acceptors (Lipinski definition) is 5. The van der Waals surface area contributed by atoms with Crippen molar-refractivity contribution in [2.75, 3.05) is 26.2 Å². The molecule has 39 heavy (non-hydrogen) atoms. The number of benzene rings is 1. The van der Waals surface area contributed by atoms with Crippen LogP contribution in [0.5, 0.6) is 0 Å². The van der Waals surface area contributed by atoms with Crippen molar-refractivity contribution in [1.82, 2.24) is 14.7 Å². The van der Waals surface area contributed by atoms with Gasteiger partial charge in [-0.1, -0.05) is 68.0 Å². The van der Waals surface area contributed by atoms with Crippen molar-refractivity contribution in [2.45, 2.75) is 76.3 Å². The minimum atomic E-state index is -1.18. The second-order valence-corrected chi connectivity index (χ2v) is 11.3. The molecule has 0 radical (unpaired) electrons. The Kier molecular flexibility index (Phi) is 8.24. The van der Waals surface area contributed by atoms with Crippen LogP contribution in [0.1, 0.15) is 51.5 Å². The minimum absolute atomic E-state index is 0.0301. The van der Waals surface area contributed by atoms with Gasteiger partial charge in [0.15, 0.2) is 0 Å². The van der Waals surface area contributed by atoms with Gasteiger partial charge in [-0.05, 0) is 38.2 Å². The van der Waals surface area contributed by atoms with E-state index in [-0.39, 0.29) is 30.4 Å². The summed E-state index contributed by atoms with van der Waals surface area (Å²) in [7, 11) is 0. The molecule has 8 heteroatoms. The first-order valence-electron chi connectivity index (χ1n) is 14.5. The summed E-state index contributed by atoms with van der Waals surface area (Å²) in [6.07, 6.45) is 11.1. The number of aliphatic hydroxyl groups excluding tert-OH is 1. The Bertz CT molecular complexity index is 1120. The van der Waals surface area contributed by atoms with E-state index in [0.717, 1.165) is 24.8 Å². The van der Waals surface area contributed by atoms with Crippen molar-refractivity contribution >= 4 is 17.7 Å². The van der Waals surface area contributed by atoms with Crippen LogP contribution in [-0.2, 0) is 25.7 Å². The first-order chi connectivity index (χ1) is 18.9. The van der Waals surface area contributed by atoms with E-state index in [4.69, 9.17) is 4.74 Å². The molecule has 0 saturated carbocycles. The number of hydrogen-bond donors (Lipinski definition) is 1. The Morgan fingerprint density at radius 1 is 1.03 bits per heavy atom. The van der Waals surface area contributed by atoms with Gasteiger partial charge in [0.05, 0.1) is 17.9 Å². The van der Waals surface area contributed by atoms with Gasteiger partial charge in [0, 0.05) is 38.8 Å². The van der Waals surface area contributed by atoms with E-state index < -0.39 is 29.6 Å². The normalized spacial score (nSPS) is 30.7. The van der Waals surface area contributed by atoms with Gasteiger partial charge in [0.1, 0.15) is 11.6 Å². The molecule has 8 nitrogen and oxygen atoms in total. The van der Waals surface area contributed by atoms with Crippen molar-refractivity contribution in [3.8, 4) is 0 Å². The first-order valence-corrected chi connectivity index (χ1v) is 14.5. The molecule has 4 heterocycles. The summed E-state index contributed by atoms with van der Waals surface area (Å²) in [6.45, 7) is 6.01. The molecule has 2 saturated heterocycles. The summed E-state index contributed by atoms with van der Waals surface area (Å²) >= 11 is 0. The largest absolute Gasteiger partial charge is 0.396 e. The van der Waals surface area contributed by atoms with Gasteiger partial charge in [-0.2, -0.15) is 0 Å². The van der Waals surface area contributed by atoms with Gasteiger partial charge in [0.25, 0.3) is 0 Å². The molecule has 1 aromatic rings. The zero-order valence-corrected chi connectivity index (χ0v) is 23.1. The Hall–Kier alpha value is -2.97. The number of unbranched alkanes of at least 4 members (excludes halogenated alkanes) is 2. The number of ether oxygens (including phenoxy) is 1. The molecule has 1 N–H and O–H groups in total. The van der Waals surface area contributed by atoms with Crippen molar-refractivity contribution < 1.29 is 24.2 Å². The zero-order valence-electron chi connectivity index (χ0n) is 23.1. The van der Waals surface area contributed by atoms with E-state index >= 15 is 0 Å². The van der Waals surface area contributed by atoms with Crippen LogP contribution < -0.4 is 0 Å². The number of aliphatic hydroxyl groups is 1. The Morgan fingerprint density at radius 3 is 2.56 bits per heavy atom. The second kappa shape index (κ2) is 11.6. The number of carbonyl (C=O) groups excluding carboxylic acids is 3. The number of carbonyl (C=O) groups is 3. The third-order valence-corrected chi connectivity index (χ3v) is 8.79. The maximum Gasteiger partial charge on any atom is 0.249 e. The lowest BCUT2D eigenvalue weighted by Gasteiger charge is -2.37. The second-order valence-electron chi connectivity index (χ2n) is 11.3. The lowest BCUT2D eigenvalue weighted by atomic mass is 9.77. The van der Waals surface area contributed by atoms with Crippen LogP contribution >= 0.6 is 0 Å². The molecule has 5 rings (SSSR count). The molecule has 2 unspecified atom stereocenters. The van der Waals surface area contributed by atoms with Crippen molar-refractivity contribution in [3.63, 3.8) is 0 Å². The Balaban J connectivity index is 1.50. The fraction of sp³-hybridized carbons (Fsp3) is 0.581. The van der Waals surface area contributed by atoms with Gasteiger partial charge in [-0.3, -0.25) is 14.4 Å². The summed E-state index contributed by atoms with van der Waals surface area (Å²) < 4.78 is 6.73. The van der Waals surface area contributed by atoms with Crippen LogP contribution in [0.2, 0.25) is 0 Å². The van der Waals surface area contributed by atoms with E-state index in [1.807, 2.05) is 59.5 Å².